The third-order valence-electron chi connectivity index (χ3n) is 3.34. The first-order chi connectivity index (χ1) is 10.1. The summed E-state index contributed by atoms with van der Waals surface area (Å²) >= 11 is 5.10. The van der Waals surface area contributed by atoms with Gasteiger partial charge in [-0.3, -0.25) is 0 Å². The molecule has 0 unspecified atom stereocenters. The third kappa shape index (κ3) is 2.71. The Balaban J connectivity index is 2.11. The summed E-state index contributed by atoms with van der Waals surface area (Å²) in [5.74, 6) is 0.693. The fraction of sp³-hybridized carbons (Fsp3) is 0.0588. The largest absolute Gasteiger partial charge is 0.389 e. The molecule has 0 bridgehead atoms. The van der Waals surface area contributed by atoms with Gasteiger partial charge in [0.25, 0.3) is 0 Å². The molecule has 0 saturated carbocycles. The number of nitrogens with zero attached hydrogens (tertiary/aromatic N) is 1. The van der Waals surface area contributed by atoms with Crippen LogP contribution >= 0.6 is 12.2 Å². The van der Waals surface area contributed by atoms with E-state index in [9.17, 15) is 0 Å². The summed E-state index contributed by atoms with van der Waals surface area (Å²) in [6, 6.07) is 18.1. The molecule has 0 radical (unpaired) electrons. The second-order valence-electron chi connectivity index (χ2n) is 4.86. The SMILES string of the molecule is Cc1ccc(C(N)=S)c(Nc2cccc3ccccc23)n1. The molecular weight excluding hydrogens is 278 g/mol. The van der Waals surface area contributed by atoms with E-state index >= 15 is 0 Å². The number of aromatic nitrogens is 1. The van der Waals surface area contributed by atoms with Crippen molar-refractivity contribution in [3.8, 4) is 0 Å². The number of rotatable bonds is 3. The summed E-state index contributed by atoms with van der Waals surface area (Å²) in [5.41, 5.74) is 8.44. The van der Waals surface area contributed by atoms with Crippen molar-refractivity contribution < 1.29 is 0 Å². The lowest BCUT2D eigenvalue weighted by atomic mass is 10.1. The predicted octanol–water partition coefficient (Wildman–Crippen LogP) is 3.92. The van der Waals surface area contributed by atoms with Crippen LogP contribution in [0.1, 0.15) is 11.3 Å². The Morgan fingerprint density at radius 2 is 1.81 bits per heavy atom. The molecule has 0 spiro atoms. The first kappa shape index (κ1) is 13.5. The Kier molecular flexibility index (Phi) is 3.54. The maximum atomic E-state index is 5.78. The summed E-state index contributed by atoms with van der Waals surface area (Å²) in [4.78, 5) is 4.86. The highest BCUT2D eigenvalue weighted by molar-refractivity contribution is 7.80. The van der Waals surface area contributed by atoms with E-state index in [0.29, 0.717) is 10.8 Å². The van der Waals surface area contributed by atoms with E-state index in [1.54, 1.807) is 0 Å². The van der Waals surface area contributed by atoms with E-state index in [1.807, 2.05) is 43.3 Å². The monoisotopic (exact) mass is 293 g/mol. The number of nitrogens with one attached hydrogen (secondary N) is 1. The van der Waals surface area contributed by atoms with Crippen molar-refractivity contribution >= 4 is 39.5 Å². The van der Waals surface area contributed by atoms with Crippen LogP contribution < -0.4 is 11.1 Å². The number of thiocarbonyl (C=S) groups is 1. The molecule has 1 heterocycles. The normalized spacial score (nSPS) is 10.5. The molecule has 0 atom stereocenters. The van der Waals surface area contributed by atoms with E-state index in [-0.39, 0.29) is 0 Å². The summed E-state index contributed by atoms with van der Waals surface area (Å²) in [6.07, 6.45) is 0. The van der Waals surface area contributed by atoms with Gasteiger partial charge in [-0.15, -0.1) is 0 Å². The number of fused-ring (bicyclic) bond motifs is 1. The average molecular weight is 293 g/mol. The summed E-state index contributed by atoms with van der Waals surface area (Å²) in [6.45, 7) is 1.94. The summed E-state index contributed by atoms with van der Waals surface area (Å²) < 4.78 is 0. The number of anilines is 2. The number of hydrogen-bond donors (Lipinski definition) is 2. The van der Waals surface area contributed by atoms with Gasteiger partial charge in [0.1, 0.15) is 10.8 Å². The Bertz CT molecular complexity index is 822. The molecule has 4 heteroatoms. The molecule has 3 nitrogen and oxygen atoms in total. The van der Waals surface area contributed by atoms with Crippen LogP contribution in [0, 0.1) is 6.92 Å². The maximum absolute atomic E-state index is 5.78. The predicted molar refractivity (Wildman–Crippen MR) is 92.1 cm³/mol. The van der Waals surface area contributed by atoms with Gasteiger partial charge >= 0.3 is 0 Å². The molecule has 3 aromatic rings. The second kappa shape index (κ2) is 5.50. The molecule has 3 N–H and O–H groups in total. The van der Waals surface area contributed by atoms with Crippen LogP contribution in [0.3, 0.4) is 0 Å². The number of hydrogen-bond acceptors (Lipinski definition) is 3. The van der Waals surface area contributed by atoms with Crippen molar-refractivity contribution in [3.63, 3.8) is 0 Å². The van der Waals surface area contributed by atoms with Crippen LogP contribution in [0.2, 0.25) is 0 Å². The van der Waals surface area contributed by atoms with Crippen molar-refractivity contribution in [2.75, 3.05) is 5.32 Å². The van der Waals surface area contributed by atoms with Gasteiger partial charge in [-0.1, -0.05) is 48.6 Å². The quantitative estimate of drug-likeness (QED) is 0.719. The highest BCUT2D eigenvalue weighted by Gasteiger charge is 2.09. The molecule has 21 heavy (non-hydrogen) atoms. The smallest absolute Gasteiger partial charge is 0.140 e. The van der Waals surface area contributed by atoms with Crippen molar-refractivity contribution in [3.05, 3.63) is 65.9 Å². The van der Waals surface area contributed by atoms with Gasteiger partial charge in [0, 0.05) is 16.8 Å². The molecule has 104 valence electrons. The molecule has 0 aliphatic rings. The van der Waals surface area contributed by atoms with E-state index in [4.69, 9.17) is 18.0 Å². The topological polar surface area (TPSA) is 50.9 Å². The summed E-state index contributed by atoms with van der Waals surface area (Å²) in [7, 11) is 0. The third-order valence-corrected chi connectivity index (χ3v) is 3.56. The van der Waals surface area contributed by atoms with Crippen LogP contribution in [0.5, 0.6) is 0 Å². The van der Waals surface area contributed by atoms with Crippen molar-refractivity contribution in [1.82, 2.24) is 4.98 Å². The Labute approximate surface area is 128 Å². The second-order valence-corrected chi connectivity index (χ2v) is 5.30. The number of benzene rings is 2. The Morgan fingerprint density at radius 3 is 2.62 bits per heavy atom. The van der Waals surface area contributed by atoms with Crippen LogP contribution in [-0.4, -0.2) is 9.97 Å². The zero-order chi connectivity index (χ0) is 14.8. The van der Waals surface area contributed by atoms with Gasteiger partial charge in [-0.2, -0.15) is 0 Å². The minimum Gasteiger partial charge on any atom is -0.389 e. The van der Waals surface area contributed by atoms with Crippen LogP contribution in [0.25, 0.3) is 10.8 Å². The Hall–Kier alpha value is -2.46. The lowest BCUT2D eigenvalue weighted by Crippen LogP contribution is -2.13. The molecule has 3 rings (SSSR count). The maximum Gasteiger partial charge on any atom is 0.140 e. The van der Waals surface area contributed by atoms with E-state index < -0.39 is 0 Å². The lowest BCUT2D eigenvalue weighted by molar-refractivity contribution is 1.19. The van der Waals surface area contributed by atoms with E-state index in [1.165, 1.54) is 5.39 Å². The first-order valence-electron chi connectivity index (χ1n) is 6.67. The van der Waals surface area contributed by atoms with Gasteiger partial charge in [0.15, 0.2) is 0 Å². The van der Waals surface area contributed by atoms with Crippen molar-refractivity contribution in [1.29, 1.82) is 0 Å². The van der Waals surface area contributed by atoms with E-state index in [2.05, 4.69) is 28.5 Å². The Morgan fingerprint density at radius 1 is 1.05 bits per heavy atom. The fourth-order valence-corrected chi connectivity index (χ4v) is 2.48. The zero-order valence-corrected chi connectivity index (χ0v) is 12.4. The summed E-state index contributed by atoms with van der Waals surface area (Å²) in [5, 5.41) is 5.67. The van der Waals surface area contributed by atoms with Crippen LogP contribution in [0.4, 0.5) is 11.5 Å². The first-order valence-corrected chi connectivity index (χ1v) is 7.08. The number of aryl methyl sites for hydroxylation is 1. The van der Waals surface area contributed by atoms with Gasteiger partial charge in [0.2, 0.25) is 0 Å². The molecule has 2 aromatic carbocycles. The van der Waals surface area contributed by atoms with Crippen LogP contribution in [-0.2, 0) is 0 Å². The highest BCUT2D eigenvalue weighted by atomic mass is 32.1. The van der Waals surface area contributed by atoms with E-state index in [0.717, 1.165) is 22.3 Å². The molecule has 0 saturated heterocycles. The fourth-order valence-electron chi connectivity index (χ4n) is 2.31. The standard InChI is InChI=1S/C17H15N3S/c1-11-9-10-14(16(18)21)17(19-11)20-15-8-4-6-12-5-2-3-7-13(12)15/h2-10H,1H3,(H2,18,21)(H,19,20). The van der Waals surface area contributed by atoms with Crippen LogP contribution in [0.15, 0.2) is 54.6 Å². The number of nitrogens with two attached hydrogens (primary N) is 1. The van der Waals surface area contributed by atoms with Gasteiger partial charge in [-0.25, -0.2) is 4.98 Å². The number of pyridine rings is 1. The molecule has 0 amide bonds. The van der Waals surface area contributed by atoms with Gasteiger partial charge in [0.05, 0.1) is 5.56 Å². The van der Waals surface area contributed by atoms with Gasteiger partial charge < -0.3 is 11.1 Å². The lowest BCUT2D eigenvalue weighted by Gasteiger charge is -2.13. The molecule has 0 aliphatic heterocycles. The zero-order valence-electron chi connectivity index (χ0n) is 11.6. The minimum atomic E-state index is 0.338. The minimum absolute atomic E-state index is 0.338. The van der Waals surface area contributed by atoms with Gasteiger partial charge in [-0.05, 0) is 30.5 Å². The average Bonchev–Trinajstić information content (AvgIpc) is 2.47. The molecule has 0 fully saturated rings. The van der Waals surface area contributed by atoms with Crippen molar-refractivity contribution in [2.45, 2.75) is 6.92 Å². The molecule has 0 aliphatic carbocycles. The molecule has 1 aromatic heterocycles. The molecular formula is C17H15N3S. The highest BCUT2D eigenvalue weighted by Crippen LogP contribution is 2.27. The van der Waals surface area contributed by atoms with Crippen molar-refractivity contribution in [2.24, 2.45) is 5.73 Å².